The van der Waals surface area contributed by atoms with Gasteiger partial charge in [0.25, 0.3) is 0 Å². The van der Waals surface area contributed by atoms with Crippen LogP contribution in [-0.2, 0) is 30.9 Å². The molecule has 0 saturated heterocycles. The van der Waals surface area contributed by atoms with Crippen LogP contribution in [-0.4, -0.2) is 4.98 Å². The summed E-state index contributed by atoms with van der Waals surface area (Å²) in [6.45, 7) is 9.50. The molecule has 0 N–H and O–H groups in total. The Bertz CT molecular complexity index is 2190. The van der Waals surface area contributed by atoms with Crippen LogP contribution in [0.25, 0.3) is 43.7 Å². The number of aromatic nitrogens is 1. The van der Waals surface area contributed by atoms with Crippen molar-refractivity contribution in [3.8, 4) is 11.3 Å². The molecular formula is C41H31IrN2-. The largest absolute Gasteiger partial charge is 0.351 e. The molecule has 7 aromatic rings. The number of pyridine rings is 1. The van der Waals surface area contributed by atoms with Crippen LogP contribution in [0.5, 0.6) is 0 Å². The topological polar surface area (TPSA) is 16.1 Å². The van der Waals surface area contributed by atoms with E-state index in [1.165, 1.54) is 60.9 Å². The molecule has 6 aromatic carbocycles. The first-order chi connectivity index (χ1) is 20.8. The maximum absolute atomic E-state index is 5.13. The Morgan fingerprint density at radius 1 is 0.545 bits per heavy atom. The van der Waals surface area contributed by atoms with Crippen molar-refractivity contribution in [2.75, 3.05) is 4.90 Å². The van der Waals surface area contributed by atoms with E-state index >= 15 is 0 Å². The molecule has 9 rings (SSSR count). The maximum Gasteiger partial charge on any atom is 0.0595 e. The number of benzene rings is 6. The standard InChI is InChI=1S/C41H31N2.Ir/c1-40(2)31-19-26-12-5-7-14-28(26)23-37(31)43-38-24-29-15-8-6-13-27(29)20-32(38)41(3,4)34-22-30(21-33(40)39(34)43)36-18-17-25-11-9-10-16-35(25)42-36;/h5-21,23-24H,1-4H3;/q-1;. The number of fused-ring (bicyclic) bond motifs is 7. The zero-order valence-corrected chi connectivity index (χ0v) is 27.6. The van der Waals surface area contributed by atoms with Gasteiger partial charge in [0, 0.05) is 42.3 Å². The zero-order valence-electron chi connectivity index (χ0n) is 25.2. The van der Waals surface area contributed by atoms with Crippen LogP contribution in [0.4, 0.5) is 17.1 Å². The van der Waals surface area contributed by atoms with Gasteiger partial charge in [0.15, 0.2) is 0 Å². The van der Waals surface area contributed by atoms with Crippen molar-refractivity contribution in [2.24, 2.45) is 0 Å². The van der Waals surface area contributed by atoms with Crippen molar-refractivity contribution >= 4 is 49.5 Å². The minimum atomic E-state index is -0.267. The van der Waals surface area contributed by atoms with Crippen molar-refractivity contribution in [2.45, 2.75) is 38.5 Å². The SMILES string of the molecule is CC1(C)c2[c-]c(-c3ccc4ccccc4n3)cc3c2N(c2cc4ccccc4cc21)c1cc2ccccc2cc1C3(C)C.[Ir]. The van der Waals surface area contributed by atoms with Crippen LogP contribution in [0.3, 0.4) is 0 Å². The first-order valence-electron chi connectivity index (χ1n) is 15.1. The molecule has 0 bridgehead atoms. The quantitative estimate of drug-likeness (QED) is 0.156. The third-order valence-corrected chi connectivity index (χ3v) is 9.99. The van der Waals surface area contributed by atoms with Gasteiger partial charge in [0.05, 0.1) is 5.52 Å². The van der Waals surface area contributed by atoms with E-state index in [1.807, 2.05) is 0 Å². The molecule has 0 atom stereocenters. The minimum absolute atomic E-state index is 0. The van der Waals surface area contributed by atoms with Gasteiger partial charge < -0.3 is 4.90 Å². The fraction of sp³-hybridized carbons (Fsp3) is 0.146. The molecule has 1 aromatic heterocycles. The van der Waals surface area contributed by atoms with Gasteiger partial charge in [-0.25, -0.2) is 0 Å². The number of nitrogens with zero attached hydrogens (tertiary/aromatic N) is 2. The summed E-state index contributed by atoms with van der Waals surface area (Å²) in [6, 6.07) is 46.1. The second-order valence-corrected chi connectivity index (χ2v) is 13.2. The molecule has 2 nitrogen and oxygen atoms in total. The summed E-state index contributed by atoms with van der Waals surface area (Å²) in [7, 11) is 0. The first kappa shape index (κ1) is 27.3. The van der Waals surface area contributed by atoms with Crippen LogP contribution in [0.1, 0.15) is 49.9 Å². The second-order valence-electron chi connectivity index (χ2n) is 13.2. The summed E-state index contributed by atoms with van der Waals surface area (Å²) in [4.78, 5) is 7.67. The number of hydrogen-bond donors (Lipinski definition) is 0. The van der Waals surface area contributed by atoms with Gasteiger partial charge in [-0.05, 0) is 79.8 Å². The Kier molecular flexibility index (Phi) is 5.79. The third-order valence-electron chi connectivity index (χ3n) is 9.99. The molecule has 3 heteroatoms. The molecule has 215 valence electrons. The molecule has 0 unspecified atom stereocenters. The zero-order chi connectivity index (χ0) is 29.1. The monoisotopic (exact) mass is 744 g/mol. The average Bonchev–Trinajstić information content (AvgIpc) is 3.03. The van der Waals surface area contributed by atoms with E-state index in [2.05, 4.69) is 154 Å². The van der Waals surface area contributed by atoms with Gasteiger partial charge in [-0.2, -0.15) is 0 Å². The van der Waals surface area contributed by atoms with Crippen LogP contribution >= 0.6 is 0 Å². The fourth-order valence-corrected chi connectivity index (χ4v) is 7.57. The van der Waals surface area contributed by atoms with Gasteiger partial charge >= 0.3 is 0 Å². The molecule has 0 amide bonds. The fourth-order valence-electron chi connectivity index (χ4n) is 7.57. The van der Waals surface area contributed by atoms with Gasteiger partial charge in [0.2, 0.25) is 0 Å². The van der Waals surface area contributed by atoms with Crippen molar-refractivity contribution in [3.05, 3.63) is 144 Å². The van der Waals surface area contributed by atoms with E-state index in [0.717, 1.165) is 22.2 Å². The van der Waals surface area contributed by atoms with Crippen molar-refractivity contribution in [1.29, 1.82) is 0 Å². The minimum Gasteiger partial charge on any atom is -0.351 e. The summed E-state index contributed by atoms with van der Waals surface area (Å²) in [5.74, 6) is 0. The third kappa shape index (κ3) is 3.67. The summed E-state index contributed by atoms with van der Waals surface area (Å²) >= 11 is 0. The normalized spacial score (nSPS) is 15.4. The summed E-state index contributed by atoms with van der Waals surface area (Å²) in [6.07, 6.45) is 0. The van der Waals surface area contributed by atoms with Gasteiger partial charge in [-0.1, -0.05) is 118 Å². The number of rotatable bonds is 1. The Balaban J connectivity index is 0.00000289. The number of anilines is 3. The molecule has 2 aliphatic rings. The van der Waals surface area contributed by atoms with E-state index in [9.17, 15) is 0 Å². The molecule has 2 aliphatic heterocycles. The van der Waals surface area contributed by atoms with E-state index in [1.54, 1.807) is 0 Å². The van der Waals surface area contributed by atoms with Gasteiger partial charge in [-0.15, -0.1) is 17.7 Å². The molecule has 3 heterocycles. The Hall–Kier alpha value is -4.30. The van der Waals surface area contributed by atoms with E-state index in [0.29, 0.717) is 0 Å². The maximum atomic E-state index is 5.13. The van der Waals surface area contributed by atoms with Crippen molar-refractivity contribution < 1.29 is 20.1 Å². The van der Waals surface area contributed by atoms with Crippen LogP contribution in [0.2, 0.25) is 0 Å². The molecule has 0 fully saturated rings. The molecule has 0 saturated carbocycles. The molecule has 0 aliphatic carbocycles. The molecule has 1 radical (unpaired) electrons. The van der Waals surface area contributed by atoms with Crippen LogP contribution in [0, 0.1) is 6.07 Å². The summed E-state index contributed by atoms with van der Waals surface area (Å²) in [5.41, 5.74) is 11.5. The number of hydrogen-bond acceptors (Lipinski definition) is 2. The molecule has 0 spiro atoms. The predicted octanol–water partition coefficient (Wildman–Crippen LogP) is 10.8. The average molecular weight is 744 g/mol. The smallest absolute Gasteiger partial charge is 0.0595 e. The van der Waals surface area contributed by atoms with Gasteiger partial charge in [0.1, 0.15) is 0 Å². The molecular weight excluding hydrogens is 713 g/mol. The van der Waals surface area contributed by atoms with Crippen molar-refractivity contribution in [1.82, 2.24) is 4.98 Å². The number of para-hydroxylation sites is 1. The van der Waals surface area contributed by atoms with Crippen LogP contribution in [0.15, 0.2) is 115 Å². The summed E-state index contributed by atoms with van der Waals surface area (Å²) in [5, 5.41) is 6.21. The van der Waals surface area contributed by atoms with E-state index in [4.69, 9.17) is 4.98 Å². The summed E-state index contributed by atoms with van der Waals surface area (Å²) < 4.78 is 0. The molecule has 44 heavy (non-hydrogen) atoms. The first-order valence-corrected chi connectivity index (χ1v) is 15.1. The van der Waals surface area contributed by atoms with Crippen molar-refractivity contribution in [3.63, 3.8) is 0 Å². The van der Waals surface area contributed by atoms with Crippen LogP contribution < -0.4 is 4.90 Å². The van der Waals surface area contributed by atoms with E-state index < -0.39 is 0 Å². The Labute approximate surface area is 271 Å². The van der Waals surface area contributed by atoms with E-state index in [-0.39, 0.29) is 30.9 Å². The van der Waals surface area contributed by atoms with Gasteiger partial charge in [-0.3, -0.25) is 4.98 Å². The Morgan fingerprint density at radius 3 is 1.68 bits per heavy atom. The Morgan fingerprint density at radius 2 is 1.07 bits per heavy atom. The second kappa shape index (κ2) is 9.35. The predicted molar refractivity (Wildman–Crippen MR) is 180 cm³/mol.